The molecule has 1 aromatic carbocycles. The zero-order chi connectivity index (χ0) is 13.0. The molecule has 5 nitrogen and oxygen atoms in total. The number of rotatable bonds is 2. The molecule has 2 amide bonds. The first-order valence-electron chi connectivity index (χ1n) is 5.98. The van der Waals surface area contributed by atoms with Gasteiger partial charge in [-0.05, 0) is 6.07 Å². The summed E-state index contributed by atoms with van der Waals surface area (Å²) in [6.07, 6.45) is 0.507. The third-order valence-electron chi connectivity index (χ3n) is 3.00. The lowest BCUT2D eigenvalue weighted by molar-refractivity contribution is -0.130. The van der Waals surface area contributed by atoms with E-state index in [4.69, 9.17) is 0 Å². The predicted molar refractivity (Wildman–Crippen MR) is 66.0 cm³/mol. The lowest BCUT2D eigenvalue weighted by Crippen LogP contribution is -2.35. The molecule has 2 rings (SSSR count). The molecule has 1 aliphatic rings. The van der Waals surface area contributed by atoms with Crippen LogP contribution in [-0.2, 0) is 16.0 Å². The van der Waals surface area contributed by atoms with Gasteiger partial charge in [0, 0.05) is 31.6 Å². The first-order valence-corrected chi connectivity index (χ1v) is 5.98. The van der Waals surface area contributed by atoms with Crippen molar-refractivity contribution >= 4 is 11.8 Å². The van der Waals surface area contributed by atoms with Crippen molar-refractivity contribution in [3.05, 3.63) is 29.8 Å². The Morgan fingerprint density at radius 3 is 2.89 bits per heavy atom. The first-order chi connectivity index (χ1) is 8.66. The highest BCUT2D eigenvalue weighted by molar-refractivity contribution is 5.81. The largest absolute Gasteiger partial charge is 0.508 e. The van der Waals surface area contributed by atoms with Crippen LogP contribution in [0.1, 0.15) is 12.0 Å². The van der Waals surface area contributed by atoms with Gasteiger partial charge >= 0.3 is 0 Å². The smallest absolute Gasteiger partial charge is 0.227 e. The molecule has 0 atom stereocenters. The van der Waals surface area contributed by atoms with E-state index in [9.17, 15) is 14.7 Å². The van der Waals surface area contributed by atoms with Gasteiger partial charge in [-0.2, -0.15) is 0 Å². The van der Waals surface area contributed by atoms with Gasteiger partial charge in [0.25, 0.3) is 0 Å². The van der Waals surface area contributed by atoms with E-state index in [1.807, 2.05) is 0 Å². The summed E-state index contributed by atoms with van der Waals surface area (Å²) in [5, 5.41) is 12.3. The third kappa shape index (κ3) is 3.00. The molecule has 1 heterocycles. The van der Waals surface area contributed by atoms with Crippen LogP contribution >= 0.6 is 0 Å². The fourth-order valence-corrected chi connectivity index (χ4v) is 1.95. The van der Waals surface area contributed by atoms with Crippen molar-refractivity contribution in [2.24, 2.45) is 0 Å². The SMILES string of the molecule is O=C1CCN(C(=O)Cc2ccccc2O)CCN1. The number of carbonyl (C=O) groups is 2. The van der Waals surface area contributed by atoms with Crippen LogP contribution in [-0.4, -0.2) is 41.5 Å². The second-order valence-corrected chi connectivity index (χ2v) is 4.29. The van der Waals surface area contributed by atoms with E-state index >= 15 is 0 Å². The molecule has 0 aromatic heterocycles. The minimum Gasteiger partial charge on any atom is -0.508 e. The topological polar surface area (TPSA) is 69.6 Å². The number of hydrogen-bond donors (Lipinski definition) is 2. The normalized spacial score (nSPS) is 16.0. The third-order valence-corrected chi connectivity index (χ3v) is 3.00. The summed E-state index contributed by atoms with van der Waals surface area (Å²) < 4.78 is 0. The maximum Gasteiger partial charge on any atom is 0.227 e. The Hall–Kier alpha value is -2.04. The molecule has 0 radical (unpaired) electrons. The Balaban J connectivity index is 1.99. The Morgan fingerprint density at radius 2 is 2.11 bits per heavy atom. The molecule has 0 aliphatic carbocycles. The summed E-state index contributed by atoms with van der Waals surface area (Å²) in [5.74, 6) is 0.0516. The Morgan fingerprint density at radius 1 is 1.33 bits per heavy atom. The average molecular weight is 248 g/mol. The van der Waals surface area contributed by atoms with Crippen molar-refractivity contribution in [3.63, 3.8) is 0 Å². The summed E-state index contributed by atoms with van der Waals surface area (Å²) >= 11 is 0. The van der Waals surface area contributed by atoms with E-state index in [0.717, 1.165) is 0 Å². The first kappa shape index (κ1) is 12.4. The van der Waals surface area contributed by atoms with E-state index in [1.54, 1.807) is 29.2 Å². The monoisotopic (exact) mass is 248 g/mol. The molecule has 1 aliphatic heterocycles. The Kier molecular flexibility index (Phi) is 3.82. The van der Waals surface area contributed by atoms with Gasteiger partial charge < -0.3 is 15.3 Å². The van der Waals surface area contributed by atoms with Gasteiger partial charge in [0.05, 0.1) is 6.42 Å². The van der Waals surface area contributed by atoms with Gasteiger partial charge in [-0.25, -0.2) is 0 Å². The quantitative estimate of drug-likeness (QED) is 0.790. The van der Waals surface area contributed by atoms with Crippen LogP contribution in [0.2, 0.25) is 0 Å². The zero-order valence-corrected chi connectivity index (χ0v) is 10.1. The van der Waals surface area contributed by atoms with E-state index in [1.165, 1.54) is 0 Å². The van der Waals surface area contributed by atoms with E-state index < -0.39 is 0 Å². The Bertz CT molecular complexity index is 459. The number of benzene rings is 1. The number of carbonyl (C=O) groups excluding carboxylic acids is 2. The summed E-state index contributed by atoms with van der Waals surface area (Å²) in [4.78, 5) is 24.9. The molecule has 1 fully saturated rings. The highest BCUT2D eigenvalue weighted by Crippen LogP contribution is 2.17. The lowest BCUT2D eigenvalue weighted by Gasteiger charge is -2.19. The van der Waals surface area contributed by atoms with Gasteiger partial charge in [-0.1, -0.05) is 18.2 Å². The highest BCUT2D eigenvalue weighted by atomic mass is 16.3. The minimum absolute atomic E-state index is 0.0205. The number of phenols is 1. The van der Waals surface area contributed by atoms with Crippen molar-refractivity contribution in [1.82, 2.24) is 10.2 Å². The molecule has 0 unspecified atom stereocenters. The van der Waals surface area contributed by atoms with Crippen LogP contribution in [0, 0.1) is 0 Å². The fourth-order valence-electron chi connectivity index (χ4n) is 1.95. The number of para-hydroxylation sites is 1. The van der Waals surface area contributed by atoms with Crippen LogP contribution in [0.3, 0.4) is 0 Å². The number of amides is 2. The summed E-state index contributed by atoms with van der Waals surface area (Å²) in [5.41, 5.74) is 0.617. The molecule has 5 heteroatoms. The van der Waals surface area contributed by atoms with Crippen LogP contribution in [0.15, 0.2) is 24.3 Å². The van der Waals surface area contributed by atoms with Gasteiger partial charge in [0.2, 0.25) is 11.8 Å². The van der Waals surface area contributed by atoms with Gasteiger partial charge in [-0.3, -0.25) is 9.59 Å². The molecule has 96 valence electrons. The second kappa shape index (κ2) is 5.53. The average Bonchev–Trinajstić information content (AvgIpc) is 2.57. The minimum atomic E-state index is -0.0620. The van der Waals surface area contributed by atoms with Crippen LogP contribution in [0.5, 0.6) is 5.75 Å². The number of nitrogens with zero attached hydrogens (tertiary/aromatic N) is 1. The summed E-state index contributed by atoms with van der Waals surface area (Å²) in [7, 11) is 0. The molecule has 0 saturated carbocycles. The second-order valence-electron chi connectivity index (χ2n) is 4.29. The van der Waals surface area contributed by atoms with Crippen LogP contribution in [0.25, 0.3) is 0 Å². The van der Waals surface area contributed by atoms with Crippen molar-refractivity contribution < 1.29 is 14.7 Å². The molecule has 2 N–H and O–H groups in total. The van der Waals surface area contributed by atoms with Gasteiger partial charge in [0.1, 0.15) is 5.75 Å². The maximum absolute atomic E-state index is 12.1. The number of hydrogen-bond acceptors (Lipinski definition) is 3. The number of phenolic OH excluding ortho intramolecular Hbond substituents is 1. The van der Waals surface area contributed by atoms with Crippen LogP contribution in [0.4, 0.5) is 0 Å². The zero-order valence-electron chi connectivity index (χ0n) is 10.1. The molecule has 1 aromatic rings. The summed E-state index contributed by atoms with van der Waals surface area (Å²) in [6, 6.07) is 6.80. The molecule has 0 spiro atoms. The van der Waals surface area contributed by atoms with E-state index in [-0.39, 0.29) is 24.0 Å². The standard InChI is InChI=1S/C13H16N2O3/c16-11-4-2-1-3-10(11)9-13(18)15-7-5-12(17)14-6-8-15/h1-4,16H,5-9H2,(H,14,17). The van der Waals surface area contributed by atoms with Crippen molar-refractivity contribution in [1.29, 1.82) is 0 Å². The number of aromatic hydroxyl groups is 1. The molecular formula is C13H16N2O3. The van der Waals surface area contributed by atoms with Gasteiger partial charge in [-0.15, -0.1) is 0 Å². The van der Waals surface area contributed by atoms with E-state index in [0.29, 0.717) is 31.6 Å². The van der Waals surface area contributed by atoms with Crippen LogP contribution < -0.4 is 5.32 Å². The van der Waals surface area contributed by atoms with Crippen molar-refractivity contribution in [2.45, 2.75) is 12.8 Å². The predicted octanol–water partition coefficient (Wildman–Crippen LogP) is 0.283. The number of nitrogens with one attached hydrogen (secondary N) is 1. The molecule has 0 bridgehead atoms. The molecule has 1 saturated heterocycles. The Labute approximate surface area is 105 Å². The molecule has 18 heavy (non-hydrogen) atoms. The van der Waals surface area contributed by atoms with Crippen molar-refractivity contribution in [3.8, 4) is 5.75 Å². The maximum atomic E-state index is 12.1. The summed E-state index contributed by atoms with van der Waals surface area (Å²) in [6.45, 7) is 1.46. The molecular weight excluding hydrogens is 232 g/mol. The lowest BCUT2D eigenvalue weighted by atomic mass is 10.1. The van der Waals surface area contributed by atoms with E-state index in [2.05, 4.69) is 5.32 Å². The fraction of sp³-hybridized carbons (Fsp3) is 0.385. The van der Waals surface area contributed by atoms with Crippen molar-refractivity contribution in [2.75, 3.05) is 19.6 Å². The van der Waals surface area contributed by atoms with Gasteiger partial charge in [0.15, 0.2) is 0 Å². The highest BCUT2D eigenvalue weighted by Gasteiger charge is 2.19.